The second-order valence-corrected chi connectivity index (χ2v) is 23.3. The third kappa shape index (κ3) is 14.6. The van der Waals surface area contributed by atoms with E-state index < -0.39 is 46.8 Å². The van der Waals surface area contributed by atoms with E-state index in [9.17, 15) is 43.5 Å². The number of hydrazine groups is 1. The summed E-state index contributed by atoms with van der Waals surface area (Å²) in [6, 6.07) is 17.9. The molecule has 9 rings (SSSR count). The van der Waals surface area contributed by atoms with Gasteiger partial charge in [-0.1, -0.05) is 56.7 Å². The van der Waals surface area contributed by atoms with E-state index in [-0.39, 0.29) is 86.6 Å². The Morgan fingerprint density at radius 3 is 1.78 bits per heavy atom. The average Bonchev–Trinajstić information content (AvgIpc) is 2.12. The maximum Gasteiger partial charge on any atom is 0.321 e. The van der Waals surface area contributed by atoms with Crippen molar-refractivity contribution < 1.29 is 67.5 Å². The van der Waals surface area contributed by atoms with Crippen LogP contribution in [0.5, 0.6) is 23.0 Å². The van der Waals surface area contributed by atoms with E-state index in [2.05, 4.69) is 16.2 Å². The lowest BCUT2D eigenvalue weighted by atomic mass is 9.94. The molecule has 7 N–H and O–H groups in total. The molecule has 0 spiro atoms. The van der Waals surface area contributed by atoms with Crippen molar-refractivity contribution in [3.8, 4) is 23.0 Å². The number of rotatable bonds is 29. The van der Waals surface area contributed by atoms with Crippen molar-refractivity contribution in [2.75, 3.05) is 45.0 Å². The molecule has 1 saturated heterocycles. The number of methoxy groups -OCH3 is 2. The van der Waals surface area contributed by atoms with E-state index in [4.69, 9.17) is 39.8 Å². The number of amides is 5. The summed E-state index contributed by atoms with van der Waals surface area (Å²) < 4.78 is 23.7. The van der Waals surface area contributed by atoms with E-state index in [1.54, 1.807) is 58.6 Å². The maximum atomic E-state index is 14.2. The Labute approximate surface area is 507 Å². The average molecular weight is 1210 g/mol. The molecule has 0 unspecified atom stereocenters. The van der Waals surface area contributed by atoms with Gasteiger partial charge in [0.15, 0.2) is 23.0 Å². The summed E-state index contributed by atoms with van der Waals surface area (Å²) in [5.41, 5.74) is 17.4. The second kappa shape index (κ2) is 28.2. The first-order valence-corrected chi connectivity index (χ1v) is 29.9. The van der Waals surface area contributed by atoms with E-state index in [1.165, 1.54) is 21.1 Å². The Kier molecular flexibility index (Phi) is 20.4. The number of aliphatic hydroxyl groups excluding tert-OH is 1. The van der Waals surface area contributed by atoms with Gasteiger partial charge in [0.05, 0.1) is 86.0 Å². The smallest absolute Gasteiger partial charge is 0.321 e. The number of anilines is 1. The number of nitrogens with two attached hydrogens (primary N) is 1. The lowest BCUT2D eigenvalue weighted by molar-refractivity contribution is -0.139. The molecule has 24 heteroatoms. The first kappa shape index (κ1) is 62.8. The topological polar surface area (TPSA) is 310 Å². The van der Waals surface area contributed by atoms with Gasteiger partial charge in [0.2, 0.25) is 29.3 Å². The van der Waals surface area contributed by atoms with Crippen LogP contribution in [0.15, 0.2) is 95.2 Å². The van der Waals surface area contributed by atoms with Gasteiger partial charge in [0.25, 0.3) is 11.8 Å². The number of fused-ring (bicyclic) bond motifs is 4. The van der Waals surface area contributed by atoms with Crippen LogP contribution in [0.4, 0.5) is 17.1 Å². The quantitative estimate of drug-likeness (QED) is 0.0148. The Morgan fingerprint density at radius 2 is 1.26 bits per heavy atom. The van der Waals surface area contributed by atoms with Crippen molar-refractivity contribution in [3.63, 3.8) is 0 Å². The minimum Gasteiger partial charge on any atom is -0.493 e. The number of carboxylic acid groups (broad SMARTS) is 1. The number of imide groups is 1. The lowest BCUT2D eigenvalue weighted by Gasteiger charge is -2.23. The van der Waals surface area contributed by atoms with E-state index >= 15 is 0 Å². The summed E-state index contributed by atoms with van der Waals surface area (Å²) in [7, 11) is 3.01. The maximum absolute atomic E-state index is 14.2. The number of aliphatic carboxylic acids is 1. The van der Waals surface area contributed by atoms with E-state index in [1.807, 2.05) is 62.6 Å². The van der Waals surface area contributed by atoms with Crippen LogP contribution >= 0.6 is 11.8 Å². The number of unbranched alkanes of at least 4 members (excludes halogenated alkanes) is 2. The normalized spacial score (nSPS) is 18.6. The molecule has 0 aromatic heterocycles. The van der Waals surface area contributed by atoms with Gasteiger partial charge in [-0.2, -0.15) is 0 Å². The zero-order chi connectivity index (χ0) is 62.1. The fraction of sp³-hybridized carbons (Fsp3) is 0.397. The Bertz CT molecular complexity index is 3440. The molecular weight excluding hydrogens is 1140 g/mol. The number of Topliss-reactive ketones (excluding diaryl/α,β-unsaturated/α-hetero) is 2. The van der Waals surface area contributed by atoms with Crippen LogP contribution in [-0.4, -0.2) is 160 Å². The number of carbonyl (C=O) groups is 8. The fourth-order valence-corrected chi connectivity index (χ4v) is 11.7. The summed E-state index contributed by atoms with van der Waals surface area (Å²) in [4.78, 5) is 118. The number of likely N-dealkylation sites (tertiary alicyclic amines) is 1. The Morgan fingerprint density at radius 1 is 0.713 bits per heavy atom. The minimum atomic E-state index is -1.18. The standard InChI is InChI=1S/C63H71N9O14S/c1-35(2)57(59(77)58(76)36(3)68-69-55(74)10-7-6-8-19-70-56(75)28-54(62(70)80)87-34-47(64)63(81)82)67-42-17-15-39(16-18-42)41-23-44-30-66-49-27-53(51(84-5)25-46(49)61(79)72(44)32-41)86-21-9-20-85-52-26-48-45(24-50(52)83-4)60(78)71-31-40(22-43(71)29-65-48)38-13-11-37(33-73)12-14-38/h11-18,24-27,29-32,35-36,43-44,47,54,57,67-68,73H,6-10,19-23,28,33-34,64H2,1-5H3,(H,69,74)(H,81,82)/t36-,43-,44-,47-,54+,57-/m0/s1. The molecule has 23 nitrogen and oxygen atoms in total. The number of benzene rings is 4. The Hall–Kier alpha value is -8.71. The van der Waals surface area contributed by atoms with Gasteiger partial charge in [-0.25, -0.2) is 5.43 Å². The summed E-state index contributed by atoms with van der Waals surface area (Å²) in [5.74, 6) is -2.89. The lowest BCUT2D eigenvalue weighted by Crippen LogP contribution is -2.51. The predicted octanol–water partition coefficient (Wildman–Crippen LogP) is 6.40. The number of aliphatic hydroxyl groups is 1. The van der Waals surface area contributed by atoms with Gasteiger partial charge in [-0.05, 0) is 77.8 Å². The summed E-state index contributed by atoms with van der Waals surface area (Å²) in [5, 5.41) is 21.0. The van der Waals surface area contributed by atoms with Crippen LogP contribution < -0.4 is 40.8 Å². The third-order valence-corrected chi connectivity index (χ3v) is 16.9. The van der Waals surface area contributed by atoms with Crippen LogP contribution in [0.2, 0.25) is 0 Å². The largest absolute Gasteiger partial charge is 0.493 e. The monoisotopic (exact) mass is 1210 g/mol. The molecule has 5 heterocycles. The van der Waals surface area contributed by atoms with Crippen LogP contribution in [0.1, 0.15) is 110 Å². The third-order valence-electron chi connectivity index (χ3n) is 15.6. The molecule has 0 aliphatic carbocycles. The number of ketones is 2. The molecule has 4 aromatic carbocycles. The van der Waals surface area contributed by atoms with Crippen molar-refractivity contribution in [1.29, 1.82) is 0 Å². The number of thioether (sulfide) groups is 1. The van der Waals surface area contributed by atoms with Gasteiger partial charge in [0, 0.05) is 87.1 Å². The van der Waals surface area contributed by atoms with Crippen LogP contribution in [0, 0.1) is 5.92 Å². The second-order valence-electron chi connectivity index (χ2n) is 22.0. The Balaban J connectivity index is 0.721. The number of hydrogen-bond donors (Lipinski definition) is 6. The zero-order valence-corrected chi connectivity index (χ0v) is 49.8. The van der Waals surface area contributed by atoms with Crippen molar-refractivity contribution >= 4 is 99.5 Å². The van der Waals surface area contributed by atoms with Crippen molar-refractivity contribution in [3.05, 3.63) is 113 Å². The van der Waals surface area contributed by atoms with E-state index in [0.29, 0.717) is 89.7 Å². The molecule has 1 fully saturated rings. The number of nitrogens with zero attached hydrogens (tertiary/aromatic N) is 5. The first-order chi connectivity index (χ1) is 41.8. The molecule has 6 atom stereocenters. The fourth-order valence-electron chi connectivity index (χ4n) is 10.6. The van der Waals surface area contributed by atoms with Crippen LogP contribution in [0.3, 0.4) is 0 Å². The van der Waals surface area contributed by atoms with Gasteiger partial charge in [-0.3, -0.25) is 58.7 Å². The van der Waals surface area contributed by atoms with Gasteiger partial charge >= 0.3 is 5.97 Å². The molecule has 0 bridgehead atoms. The van der Waals surface area contributed by atoms with Crippen LogP contribution in [0.25, 0.3) is 11.1 Å². The number of nitrogens with one attached hydrogen (secondary N) is 3. The van der Waals surface area contributed by atoms with E-state index in [0.717, 1.165) is 44.5 Å². The zero-order valence-electron chi connectivity index (χ0n) is 49.0. The molecule has 0 radical (unpaired) electrons. The number of ether oxygens (including phenoxy) is 4. The molecule has 5 aliphatic rings. The molecule has 458 valence electrons. The molecular formula is C63H71N9O14S. The minimum absolute atomic E-state index is 0.00768. The summed E-state index contributed by atoms with van der Waals surface area (Å²) in [6.07, 6.45) is 10.2. The van der Waals surface area contributed by atoms with Crippen LogP contribution in [-0.2, 0) is 35.4 Å². The predicted molar refractivity (Wildman–Crippen MR) is 326 cm³/mol. The highest BCUT2D eigenvalue weighted by molar-refractivity contribution is 8.00. The van der Waals surface area contributed by atoms with Crippen molar-refractivity contribution in [2.24, 2.45) is 21.6 Å². The number of carboxylic acids is 1. The highest BCUT2D eigenvalue weighted by Crippen LogP contribution is 2.42. The number of aliphatic imine (C=N–C) groups is 2. The molecule has 5 aliphatic heterocycles. The van der Waals surface area contributed by atoms with Gasteiger partial charge < -0.3 is 50.0 Å². The van der Waals surface area contributed by atoms with Crippen molar-refractivity contribution in [2.45, 2.75) is 114 Å². The summed E-state index contributed by atoms with van der Waals surface area (Å²) in [6.45, 7) is 5.73. The molecule has 4 aromatic rings. The molecule has 0 saturated carbocycles. The highest BCUT2D eigenvalue weighted by atomic mass is 32.2. The van der Waals surface area contributed by atoms with Gasteiger partial charge in [-0.15, -0.1) is 11.8 Å². The number of hydrogen-bond acceptors (Lipinski definition) is 19. The highest BCUT2D eigenvalue weighted by Gasteiger charge is 2.40. The first-order valence-electron chi connectivity index (χ1n) is 28.8. The molecule has 87 heavy (non-hydrogen) atoms. The SMILES string of the molecule is COc1cc2c(cc1OCCCOc1cc3c(cc1OC)C(=O)N1C=C(c4ccc(N[C@H](C(=O)C(=O)[C@H](C)NNC(=O)CCCCCN5C(=O)C[C@@H](SC[C@H](N)C(=O)O)C5=O)C(C)C)cc4)C[C@H]1C=N3)N=C[C@@H]1CC(c3ccc(CO)cc3)=CN1C2=O. The summed E-state index contributed by atoms with van der Waals surface area (Å²) >= 11 is 1.05. The number of carbonyl (C=O) groups excluding carboxylic acids is 7. The van der Waals surface area contributed by atoms with Crippen molar-refractivity contribution in [1.82, 2.24) is 25.6 Å². The van der Waals surface area contributed by atoms with Gasteiger partial charge in [0.1, 0.15) is 6.04 Å². The molecule has 5 amide bonds.